The van der Waals surface area contributed by atoms with Crippen LogP contribution in [0.25, 0.3) is 0 Å². The molecular formula is C8H3ClF2N2O2. The van der Waals surface area contributed by atoms with Crippen molar-refractivity contribution in [1.82, 2.24) is 4.98 Å². The normalized spacial score (nSPS) is 10.1. The zero-order valence-electron chi connectivity index (χ0n) is 7.04. The summed E-state index contributed by atoms with van der Waals surface area (Å²) < 4.78 is 24.7. The van der Waals surface area contributed by atoms with E-state index in [9.17, 15) is 13.6 Å². The van der Waals surface area contributed by atoms with Crippen LogP contribution in [-0.2, 0) is 0 Å². The lowest BCUT2D eigenvalue weighted by Crippen LogP contribution is -2.06. The van der Waals surface area contributed by atoms with E-state index in [1.165, 1.54) is 6.07 Å². The molecule has 0 aromatic carbocycles. The average molecular weight is 233 g/mol. The highest BCUT2D eigenvalue weighted by Gasteiger charge is 2.24. The molecule has 0 unspecified atom stereocenters. The fraction of sp³-hybridized carbons (Fsp3) is 0.125. The molecule has 1 aromatic heterocycles. The van der Waals surface area contributed by atoms with Crippen molar-refractivity contribution >= 4 is 17.6 Å². The molecule has 0 aliphatic rings. The van der Waals surface area contributed by atoms with Crippen LogP contribution in [0.15, 0.2) is 6.20 Å². The Balaban J connectivity index is 3.53. The number of aromatic carboxylic acids is 1. The second kappa shape index (κ2) is 4.19. The quantitative estimate of drug-likeness (QED) is 0.849. The minimum absolute atomic E-state index is 0.390. The number of carboxylic acid groups (broad SMARTS) is 1. The van der Waals surface area contributed by atoms with Crippen LogP contribution in [0.5, 0.6) is 0 Å². The minimum atomic E-state index is -3.01. The van der Waals surface area contributed by atoms with Crippen molar-refractivity contribution in [2.75, 3.05) is 0 Å². The Kier molecular flexibility index (Phi) is 3.17. The summed E-state index contributed by atoms with van der Waals surface area (Å²) in [5, 5.41) is 16.6. The molecule has 78 valence electrons. The third-order valence-electron chi connectivity index (χ3n) is 1.60. The zero-order chi connectivity index (χ0) is 11.6. The fourth-order valence-corrected chi connectivity index (χ4v) is 1.24. The van der Waals surface area contributed by atoms with Crippen molar-refractivity contribution in [3.8, 4) is 6.07 Å². The minimum Gasteiger partial charge on any atom is -0.478 e. The van der Waals surface area contributed by atoms with Crippen LogP contribution < -0.4 is 0 Å². The highest BCUT2D eigenvalue weighted by Crippen LogP contribution is 2.29. The lowest BCUT2D eigenvalue weighted by Gasteiger charge is -2.06. The van der Waals surface area contributed by atoms with Crippen LogP contribution in [0.3, 0.4) is 0 Å². The molecule has 0 bridgehead atoms. The molecule has 0 aliphatic carbocycles. The Hall–Kier alpha value is -1.74. The van der Waals surface area contributed by atoms with Crippen LogP contribution in [0.1, 0.15) is 28.0 Å². The lowest BCUT2D eigenvalue weighted by molar-refractivity contribution is 0.0684. The molecule has 0 aliphatic heterocycles. The summed E-state index contributed by atoms with van der Waals surface area (Å²) in [4.78, 5) is 14.0. The molecule has 0 saturated carbocycles. The second-order valence-electron chi connectivity index (χ2n) is 2.47. The molecule has 4 nitrogen and oxygen atoms in total. The maximum Gasteiger partial charge on any atom is 0.337 e. The Morgan fingerprint density at radius 3 is 2.67 bits per heavy atom. The highest BCUT2D eigenvalue weighted by molar-refractivity contribution is 6.34. The van der Waals surface area contributed by atoms with Gasteiger partial charge in [0.2, 0.25) is 0 Å². The predicted molar refractivity (Wildman–Crippen MR) is 45.9 cm³/mol. The van der Waals surface area contributed by atoms with Gasteiger partial charge in [0.25, 0.3) is 6.43 Å². The van der Waals surface area contributed by atoms with Gasteiger partial charge in [-0.15, -0.1) is 0 Å². The number of pyridine rings is 1. The van der Waals surface area contributed by atoms with Gasteiger partial charge in [-0.25, -0.2) is 18.6 Å². The Labute approximate surface area is 87.7 Å². The summed E-state index contributed by atoms with van der Waals surface area (Å²) in [6.07, 6.45) is -2.37. The molecule has 1 rings (SSSR count). The van der Waals surface area contributed by atoms with E-state index in [1.807, 2.05) is 0 Å². The highest BCUT2D eigenvalue weighted by atomic mass is 35.5. The standard InChI is InChI=1S/C8H3ClF2N2O2/c9-6-4(1-12)13-2-3(7(10)11)5(6)8(14)15/h2,7H,(H,14,15). The first-order chi connectivity index (χ1) is 6.99. The molecular weight excluding hydrogens is 230 g/mol. The summed E-state index contributed by atoms with van der Waals surface area (Å²) in [5.74, 6) is -1.62. The number of nitrogens with zero attached hydrogens (tertiary/aromatic N) is 2. The van der Waals surface area contributed by atoms with Crippen molar-refractivity contribution in [3.05, 3.63) is 28.0 Å². The summed E-state index contributed by atoms with van der Waals surface area (Å²) in [6, 6.07) is 1.51. The smallest absolute Gasteiger partial charge is 0.337 e. The van der Waals surface area contributed by atoms with Crippen molar-refractivity contribution in [3.63, 3.8) is 0 Å². The third kappa shape index (κ3) is 2.02. The Morgan fingerprint density at radius 2 is 2.27 bits per heavy atom. The molecule has 15 heavy (non-hydrogen) atoms. The maximum atomic E-state index is 12.4. The van der Waals surface area contributed by atoms with Gasteiger partial charge in [-0.05, 0) is 0 Å². The predicted octanol–water partition coefficient (Wildman–Crippen LogP) is 2.24. The van der Waals surface area contributed by atoms with E-state index >= 15 is 0 Å². The maximum absolute atomic E-state index is 12.4. The van der Waals surface area contributed by atoms with Gasteiger partial charge in [0.1, 0.15) is 6.07 Å². The number of carbonyl (C=O) groups is 1. The molecule has 1 N–H and O–H groups in total. The summed E-state index contributed by atoms with van der Waals surface area (Å²) in [7, 11) is 0. The Bertz CT molecular complexity index is 457. The molecule has 0 spiro atoms. The zero-order valence-corrected chi connectivity index (χ0v) is 7.79. The first-order valence-corrected chi connectivity index (χ1v) is 3.96. The number of carboxylic acids is 1. The van der Waals surface area contributed by atoms with Crippen LogP contribution in [0.4, 0.5) is 8.78 Å². The van der Waals surface area contributed by atoms with Crippen LogP contribution in [0, 0.1) is 11.3 Å². The summed E-state index contributed by atoms with van der Waals surface area (Å²) in [5.41, 5.74) is -1.97. The molecule has 0 amide bonds. The monoisotopic (exact) mass is 232 g/mol. The van der Waals surface area contributed by atoms with Crippen molar-refractivity contribution in [2.45, 2.75) is 6.43 Å². The van der Waals surface area contributed by atoms with Gasteiger partial charge < -0.3 is 5.11 Å². The van der Waals surface area contributed by atoms with Crippen molar-refractivity contribution in [2.24, 2.45) is 0 Å². The number of alkyl halides is 2. The van der Waals surface area contributed by atoms with E-state index < -0.39 is 34.2 Å². The Morgan fingerprint density at radius 1 is 1.67 bits per heavy atom. The molecule has 0 atom stereocenters. The van der Waals surface area contributed by atoms with Gasteiger partial charge in [-0.1, -0.05) is 11.6 Å². The number of nitriles is 1. The van der Waals surface area contributed by atoms with Crippen LogP contribution in [0.2, 0.25) is 5.02 Å². The lowest BCUT2D eigenvalue weighted by atomic mass is 10.1. The van der Waals surface area contributed by atoms with Crippen LogP contribution >= 0.6 is 11.6 Å². The molecule has 0 saturated heterocycles. The third-order valence-corrected chi connectivity index (χ3v) is 1.97. The van der Waals surface area contributed by atoms with Gasteiger partial charge in [-0.3, -0.25) is 0 Å². The van der Waals surface area contributed by atoms with E-state index in [-0.39, 0.29) is 0 Å². The number of hydrogen-bond donors (Lipinski definition) is 1. The van der Waals surface area contributed by atoms with E-state index in [0.717, 1.165) is 0 Å². The molecule has 7 heteroatoms. The summed E-state index contributed by atoms with van der Waals surface area (Å²) in [6.45, 7) is 0. The average Bonchev–Trinajstić information content (AvgIpc) is 2.16. The van der Waals surface area contributed by atoms with E-state index in [1.54, 1.807) is 0 Å². The van der Waals surface area contributed by atoms with Crippen molar-refractivity contribution in [1.29, 1.82) is 5.26 Å². The molecule has 1 aromatic rings. The second-order valence-corrected chi connectivity index (χ2v) is 2.85. The molecule has 0 radical (unpaired) electrons. The van der Waals surface area contributed by atoms with E-state index in [4.69, 9.17) is 22.0 Å². The number of rotatable bonds is 2. The van der Waals surface area contributed by atoms with Crippen molar-refractivity contribution < 1.29 is 18.7 Å². The number of aromatic nitrogens is 1. The van der Waals surface area contributed by atoms with Crippen LogP contribution in [-0.4, -0.2) is 16.1 Å². The SMILES string of the molecule is N#Cc1ncc(C(F)F)c(C(=O)O)c1Cl. The number of hydrogen-bond acceptors (Lipinski definition) is 3. The largest absolute Gasteiger partial charge is 0.478 e. The van der Waals surface area contributed by atoms with E-state index in [0.29, 0.717) is 6.20 Å². The van der Waals surface area contributed by atoms with Gasteiger partial charge in [0, 0.05) is 6.20 Å². The van der Waals surface area contributed by atoms with E-state index in [2.05, 4.69) is 4.98 Å². The fourth-order valence-electron chi connectivity index (χ4n) is 0.961. The summed E-state index contributed by atoms with van der Waals surface area (Å²) >= 11 is 5.45. The van der Waals surface area contributed by atoms with Gasteiger partial charge >= 0.3 is 5.97 Å². The first kappa shape index (κ1) is 11.3. The number of halogens is 3. The van der Waals surface area contributed by atoms with Gasteiger partial charge in [-0.2, -0.15) is 5.26 Å². The van der Waals surface area contributed by atoms with Gasteiger partial charge in [0.05, 0.1) is 16.1 Å². The first-order valence-electron chi connectivity index (χ1n) is 3.59. The van der Waals surface area contributed by atoms with Gasteiger partial charge in [0.15, 0.2) is 5.69 Å². The topological polar surface area (TPSA) is 74.0 Å². The molecule has 1 heterocycles. The molecule has 0 fully saturated rings.